The fraction of sp³-hybridized carbons (Fsp3) is 0.415. The summed E-state index contributed by atoms with van der Waals surface area (Å²) < 4.78 is 2.19. The normalized spacial score (nSPS) is 12.7. The van der Waals surface area contributed by atoms with Crippen LogP contribution in [0.3, 0.4) is 0 Å². The van der Waals surface area contributed by atoms with Crippen molar-refractivity contribution in [2.45, 2.75) is 77.6 Å². The van der Waals surface area contributed by atoms with Crippen LogP contribution in [-0.2, 0) is 7.05 Å². The van der Waals surface area contributed by atoms with Crippen LogP contribution in [0.5, 0.6) is 0 Å². The molecule has 1 amide bonds. The van der Waals surface area contributed by atoms with E-state index < -0.39 is 57.7 Å². The first kappa shape index (κ1) is 43.4. The second-order valence-electron chi connectivity index (χ2n) is 14.2. The predicted molar refractivity (Wildman–Crippen MR) is 208 cm³/mol. The second kappa shape index (κ2) is 20.6. The maximum atomic E-state index is 13.6. The van der Waals surface area contributed by atoms with Crippen molar-refractivity contribution >= 4 is 23.3 Å². The molecule has 0 bridgehead atoms. The molecule has 0 aliphatic carbocycles. The molecule has 4 aromatic rings. The van der Waals surface area contributed by atoms with Crippen LogP contribution in [0.2, 0.25) is 0 Å². The number of rotatable bonds is 22. The van der Waals surface area contributed by atoms with Crippen molar-refractivity contribution in [3.05, 3.63) is 137 Å². The van der Waals surface area contributed by atoms with Gasteiger partial charge in [0, 0.05) is 55.6 Å². The Balaban J connectivity index is 1.35. The summed E-state index contributed by atoms with van der Waals surface area (Å²) in [6, 6.07) is 16.0. The number of carbonyl (C=O) groups excluding carboxylic acids is 4. The molecule has 16 nitrogen and oxygen atoms in total. The van der Waals surface area contributed by atoms with Gasteiger partial charge in [-0.25, -0.2) is 0 Å². The van der Waals surface area contributed by atoms with Gasteiger partial charge in [-0.1, -0.05) is 63.3 Å². The number of nitrogens with one attached hydrogen (secondary N) is 1. The summed E-state index contributed by atoms with van der Waals surface area (Å²) >= 11 is 0. The van der Waals surface area contributed by atoms with Crippen LogP contribution in [0, 0.1) is 17.8 Å². The maximum Gasteiger partial charge on any atom is 0.283 e. The van der Waals surface area contributed by atoms with Crippen LogP contribution in [0.25, 0.3) is 0 Å². The Morgan fingerprint density at radius 2 is 0.895 bits per heavy atom. The lowest BCUT2D eigenvalue weighted by Crippen LogP contribution is -2.31. The van der Waals surface area contributed by atoms with Crippen LogP contribution in [0.4, 0.5) is 0 Å². The minimum absolute atomic E-state index is 0.140. The molecule has 0 aliphatic heterocycles. The molecule has 0 radical (unpaired) electrons. The second-order valence-corrected chi connectivity index (χ2v) is 14.2. The van der Waals surface area contributed by atoms with Gasteiger partial charge in [-0.05, 0) is 62.8 Å². The molecule has 3 unspecified atom stereocenters. The molecule has 0 fully saturated rings. The monoisotopic (exact) mass is 787 g/mol. The Bertz CT molecular complexity index is 2310. The molecule has 0 saturated carbocycles. The highest BCUT2D eigenvalue weighted by Gasteiger charge is 2.26. The molecule has 0 aromatic carbocycles. The van der Waals surface area contributed by atoms with Crippen LogP contribution < -0.4 is 27.6 Å². The molecule has 304 valence electrons. The minimum Gasteiger partial charge on any atom is -0.425 e. The van der Waals surface area contributed by atoms with Gasteiger partial charge in [0.2, 0.25) is 0 Å². The van der Waals surface area contributed by atoms with Gasteiger partial charge in [-0.3, -0.25) is 38.4 Å². The van der Waals surface area contributed by atoms with Gasteiger partial charge in [0.05, 0.1) is 0 Å². The molecule has 4 heterocycles. The van der Waals surface area contributed by atoms with E-state index in [1.807, 2.05) is 0 Å². The zero-order valence-electron chi connectivity index (χ0n) is 32.0. The van der Waals surface area contributed by atoms with E-state index in [4.69, 9.17) is 0 Å². The van der Waals surface area contributed by atoms with Crippen LogP contribution in [-0.4, -0.2) is 64.2 Å². The third-order valence-corrected chi connectivity index (χ3v) is 10.2. The summed E-state index contributed by atoms with van der Waals surface area (Å²) in [6.45, 7) is 1.88. The summed E-state index contributed by atoms with van der Waals surface area (Å²) in [5.41, 5.74) is -2.80. The minimum atomic E-state index is -0.750. The Morgan fingerprint density at radius 1 is 0.509 bits per heavy atom. The summed E-state index contributed by atoms with van der Waals surface area (Å²) in [5, 5.41) is 33.4. The van der Waals surface area contributed by atoms with Gasteiger partial charge in [0.25, 0.3) is 28.1 Å². The lowest BCUT2D eigenvalue weighted by Gasteiger charge is -2.19. The molecule has 0 saturated heterocycles. The maximum absolute atomic E-state index is 13.6. The van der Waals surface area contributed by atoms with Crippen molar-refractivity contribution in [2.24, 2.45) is 24.8 Å². The standard InChI is InChI=1S/C41H49N5O11/c1-27(38(51)30-18-8-23-35(48)44(30)55)13-7-16-28(39(52)31-19-9-24-36(49)45(31)56)14-5-3-4-6-15-29(40(53)32-20-10-25-37(50)46(32)57)17-12-26-42-41(54)33-21-11-22-34(47)43(33)2/h8-11,18-25,27-29,55-57H,3-7,12-17,26H2,1-2H3,(H,42,54). The van der Waals surface area contributed by atoms with Crippen molar-refractivity contribution in [2.75, 3.05) is 6.54 Å². The highest BCUT2D eigenvalue weighted by Crippen LogP contribution is 2.26. The summed E-state index contributed by atoms with van der Waals surface area (Å²) in [7, 11) is 1.49. The first-order valence-electron chi connectivity index (χ1n) is 19.0. The highest BCUT2D eigenvalue weighted by molar-refractivity contribution is 5.97. The van der Waals surface area contributed by atoms with E-state index in [1.54, 1.807) is 6.92 Å². The molecule has 0 spiro atoms. The Hall–Kier alpha value is -6.32. The summed E-state index contributed by atoms with van der Waals surface area (Å²) in [5.74, 6) is -3.46. The fourth-order valence-corrected chi connectivity index (χ4v) is 6.86. The number of hydrogen-bond donors (Lipinski definition) is 4. The fourth-order valence-electron chi connectivity index (χ4n) is 6.86. The van der Waals surface area contributed by atoms with E-state index in [0.29, 0.717) is 84.8 Å². The van der Waals surface area contributed by atoms with Gasteiger partial charge in [-0.15, -0.1) is 14.2 Å². The number of carbonyl (C=O) groups is 4. The average molecular weight is 788 g/mol. The predicted octanol–water partition coefficient (Wildman–Crippen LogP) is 4.12. The van der Waals surface area contributed by atoms with E-state index >= 15 is 0 Å². The largest absolute Gasteiger partial charge is 0.425 e. The lowest BCUT2D eigenvalue weighted by molar-refractivity contribution is 0.0822. The van der Waals surface area contributed by atoms with E-state index in [9.17, 15) is 54.0 Å². The van der Waals surface area contributed by atoms with Crippen molar-refractivity contribution in [3.8, 4) is 0 Å². The molecule has 4 N–H and O–H groups in total. The number of unbranched alkanes of at least 4 members (excludes halogenated alkanes) is 3. The summed E-state index contributed by atoms with van der Waals surface area (Å²) in [6.07, 6.45) is 5.22. The number of ketones is 3. The highest BCUT2D eigenvalue weighted by atomic mass is 16.5. The third-order valence-electron chi connectivity index (χ3n) is 10.2. The van der Waals surface area contributed by atoms with E-state index in [2.05, 4.69) is 5.32 Å². The first-order valence-corrected chi connectivity index (χ1v) is 19.0. The SMILES string of the molecule is CC(CCCC(CCCCCCC(CCCNC(=O)c1cccc(=O)n1C)C(=O)c1cccc(=O)n1O)C(=O)c1cccc(=O)n1O)C(=O)c1cccc(=O)n1O. The summed E-state index contributed by atoms with van der Waals surface area (Å²) in [4.78, 5) is 101. The molecule has 0 aliphatic rings. The zero-order valence-corrected chi connectivity index (χ0v) is 32.0. The van der Waals surface area contributed by atoms with Gasteiger partial charge < -0.3 is 25.5 Å². The lowest BCUT2D eigenvalue weighted by atomic mass is 9.87. The quantitative estimate of drug-likeness (QED) is 0.0503. The van der Waals surface area contributed by atoms with Crippen LogP contribution in [0.15, 0.2) is 92.0 Å². The Kier molecular flexibility index (Phi) is 15.7. The van der Waals surface area contributed by atoms with E-state index in [0.717, 1.165) is 18.2 Å². The van der Waals surface area contributed by atoms with Crippen molar-refractivity contribution < 1.29 is 34.8 Å². The number of hydrogen-bond acceptors (Lipinski definition) is 11. The first-order chi connectivity index (χ1) is 27.2. The van der Waals surface area contributed by atoms with Gasteiger partial charge in [0.15, 0.2) is 17.3 Å². The van der Waals surface area contributed by atoms with E-state index in [1.165, 1.54) is 66.2 Å². The zero-order chi connectivity index (χ0) is 41.6. The number of aromatic nitrogens is 4. The number of pyridine rings is 4. The topological polar surface area (TPSA) is 229 Å². The average Bonchev–Trinajstić information content (AvgIpc) is 3.19. The van der Waals surface area contributed by atoms with Crippen molar-refractivity contribution in [1.29, 1.82) is 0 Å². The number of Topliss-reactive ketones (excluding diaryl/α,β-unsaturated/α-hetero) is 3. The van der Waals surface area contributed by atoms with Crippen molar-refractivity contribution in [3.63, 3.8) is 0 Å². The van der Waals surface area contributed by atoms with Gasteiger partial charge in [0.1, 0.15) is 22.8 Å². The van der Waals surface area contributed by atoms with Gasteiger partial charge >= 0.3 is 0 Å². The molecule has 4 rings (SSSR count). The molecular formula is C41H49N5O11. The molecule has 4 aromatic heterocycles. The Morgan fingerprint density at radius 3 is 1.37 bits per heavy atom. The van der Waals surface area contributed by atoms with Crippen LogP contribution in [0.1, 0.15) is 120 Å². The molecular weight excluding hydrogens is 738 g/mol. The molecule has 57 heavy (non-hydrogen) atoms. The number of nitrogens with zero attached hydrogens (tertiary/aromatic N) is 4. The number of amides is 1. The van der Waals surface area contributed by atoms with E-state index in [-0.39, 0.29) is 34.9 Å². The smallest absolute Gasteiger partial charge is 0.283 e. The molecule has 3 atom stereocenters. The molecule has 16 heteroatoms. The third kappa shape index (κ3) is 11.4. The Labute approximate surface area is 327 Å². The van der Waals surface area contributed by atoms with Gasteiger partial charge in [-0.2, -0.15) is 0 Å². The van der Waals surface area contributed by atoms with Crippen molar-refractivity contribution in [1.82, 2.24) is 24.1 Å². The van der Waals surface area contributed by atoms with Crippen LogP contribution >= 0.6 is 0 Å².